The van der Waals surface area contributed by atoms with E-state index >= 15 is 0 Å². The number of benzene rings is 1. The highest BCUT2D eigenvalue weighted by atomic mass is 16.6. The van der Waals surface area contributed by atoms with Crippen LogP contribution in [-0.4, -0.2) is 17.5 Å². The number of para-hydroxylation sites is 1. The number of nitrogens with zero attached hydrogens (tertiary/aromatic N) is 1. The van der Waals surface area contributed by atoms with Crippen molar-refractivity contribution < 1.29 is 4.92 Å². The second-order valence-electron chi connectivity index (χ2n) is 3.86. The van der Waals surface area contributed by atoms with E-state index in [1.807, 2.05) is 12.1 Å². The van der Waals surface area contributed by atoms with E-state index in [9.17, 15) is 10.1 Å². The lowest BCUT2D eigenvalue weighted by Gasteiger charge is -2.03. The van der Waals surface area contributed by atoms with Gasteiger partial charge in [0, 0.05) is 17.7 Å². The van der Waals surface area contributed by atoms with Crippen LogP contribution >= 0.6 is 0 Å². The van der Waals surface area contributed by atoms with E-state index < -0.39 is 0 Å². The minimum atomic E-state index is -0.313. The zero-order chi connectivity index (χ0) is 10.7. The molecule has 1 aliphatic carbocycles. The fourth-order valence-corrected chi connectivity index (χ4v) is 1.60. The van der Waals surface area contributed by atoms with Gasteiger partial charge in [0.2, 0.25) is 0 Å². The minimum absolute atomic E-state index is 0.232. The Labute approximate surface area is 88.5 Å². The molecule has 1 N–H and O–H groups in total. The maximum atomic E-state index is 10.7. The van der Waals surface area contributed by atoms with Gasteiger partial charge in [0.05, 0.1) is 4.92 Å². The molecule has 0 amide bonds. The van der Waals surface area contributed by atoms with E-state index in [4.69, 9.17) is 0 Å². The van der Waals surface area contributed by atoms with Crippen molar-refractivity contribution >= 4 is 5.69 Å². The van der Waals surface area contributed by atoms with E-state index in [0.29, 0.717) is 6.04 Å². The zero-order valence-electron chi connectivity index (χ0n) is 8.48. The van der Waals surface area contributed by atoms with Gasteiger partial charge in [-0.3, -0.25) is 10.1 Å². The molecule has 0 atom stereocenters. The van der Waals surface area contributed by atoms with Gasteiger partial charge in [0.25, 0.3) is 5.69 Å². The summed E-state index contributed by atoms with van der Waals surface area (Å²) in [6, 6.07) is 7.60. The Morgan fingerprint density at radius 1 is 1.40 bits per heavy atom. The van der Waals surface area contributed by atoms with Gasteiger partial charge in [0.1, 0.15) is 0 Å². The standard InChI is InChI=1S/C11H14N2O2/c14-13(15)11-4-2-1-3-9(11)7-8-12-10-5-6-10/h1-4,10,12H,5-8H2. The van der Waals surface area contributed by atoms with E-state index in [1.165, 1.54) is 12.8 Å². The van der Waals surface area contributed by atoms with Gasteiger partial charge < -0.3 is 5.32 Å². The molecule has 0 heterocycles. The van der Waals surface area contributed by atoms with Crippen LogP contribution in [0.2, 0.25) is 0 Å². The molecule has 0 bridgehead atoms. The second-order valence-corrected chi connectivity index (χ2v) is 3.86. The average molecular weight is 206 g/mol. The molecule has 1 aromatic carbocycles. The molecule has 0 radical (unpaired) electrons. The van der Waals surface area contributed by atoms with Crippen LogP contribution < -0.4 is 5.32 Å². The summed E-state index contributed by atoms with van der Waals surface area (Å²) in [6.07, 6.45) is 3.22. The molecule has 0 unspecified atom stereocenters. The van der Waals surface area contributed by atoms with Crippen molar-refractivity contribution in [3.8, 4) is 0 Å². The van der Waals surface area contributed by atoms with Gasteiger partial charge in [-0.25, -0.2) is 0 Å². The monoisotopic (exact) mass is 206 g/mol. The van der Waals surface area contributed by atoms with Gasteiger partial charge in [-0.1, -0.05) is 18.2 Å². The highest BCUT2D eigenvalue weighted by molar-refractivity contribution is 5.39. The minimum Gasteiger partial charge on any atom is -0.314 e. The van der Waals surface area contributed by atoms with Crippen molar-refractivity contribution in [2.75, 3.05) is 6.54 Å². The molecule has 0 spiro atoms. The van der Waals surface area contributed by atoms with E-state index in [1.54, 1.807) is 12.1 Å². The Hall–Kier alpha value is -1.42. The molecule has 4 nitrogen and oxygen atoms in total. The normalized spacial score (nSPS) is 15.2. The summed E-state index contributed by atoms with van der Waals surface area (Å²) in [6.45, 7) is 0.829. The molecule has 1 saturated carbocycles. The second kappa shape index (κ2) is 4.40. The van der Waals surface area contributed by atoms with Crippen molar-refractivity contribution in [2.24, 2.45) is 0 Å². The molecular weight excluding hydrogens is 192 g/mol. The number of nitro benzene ring substituents is 1. The first-order valence-corrected chi connectivity index (χ1v) is 5.23. The molecule has 0 aromatic heterocycles. The summed E-state index contributed by atoms with van der Waals surface area (Å²) in [5, 5.41) is 14.1. The van der Waals surface area contributed by atoms with E-state index in [2.05, 4.69) is 5.32 Å². The number of rotatable bonds is 5. The summed E-state index contributed by atoms with van der Waals surface area (Å²) in [4.78, 5) is 10.4. The van der Waals surface area contributed by atoms with E-state index in [-0.39, 0.29) is 10.6 Å². The molecule has 80 valence electrons. The Bertz CT molecular complexity index is 361. The Balaban J connectivity index is 1.95. The molecule has 15 heavy (non-hydrogen) atoms. The average Bonchev–Trinajstić information content (AvgIpc) is 3.02. The first-order valence-electron chi connectivity index (χ1n) is 5.23. The number of hydrogen-bond donors (Lipinski definition) is 1. The van der Waals surface area contributed by atoms with Crippen LogP contribution in [0.15, 0.2) is 24.3 Å². The summed E-state index contributed by atoms with van der Waals surface area (Å²) < 4.78 is 0. The number of nitro groups is 1. The summed E-state index contributed by atoms with van der Waals surface area (Å²) in [5.41, 5.74) is 1.05. The summed E-state index contributed by atoms with van der Waals surface area (Å²) in [5.74, 6) is 0. The van der Waals surface area contributed by atoms with Crippen molar-refractivity contribution in [3.63, 3.8) is 0 Å². The highest BCUT2D eigenvalue weighted by Crippen LogP contribution is 2.20. The van der Waals surface area contributed by atoms with Gasteiger partial charge in [-0.15, -0.1) is 0 Å². The maximum Gasteiger partial charge on any atom is 0.272 e. The largest absolute Gasteiger partial charge is 0.314 e. The van der Waals surface area contributed by atoms with Crippen molar-refractivity contribution in [1.82, 2.24) is 5.32 Å². The molecule has 1 aliphatic rings. The molecular formula is C11H14N2O2. The van der Waals surface area contributed by atoms with Crippen LogP contribution in [0.3, 0.4) is 0 Å². The Morgan fingerprint density at radius 2 is 2.13 bits per heavy atom. The van der Waals surface area contributed by atoms with Crippen LogP contribution in [0.4, 0.5) is 5.69 Å². The molecule has 0 aliphatic heterocycles. The zero-order valence-corrected chi connectivity index (χ0v) is 8.48. The maximum absolute atomic E-state index is 10.7. The Morgan fingerprint density at radius 3 is 2.80 bits per heavy atom. The fourth-order valence-electron chi connectivity index (χ4n) is 1.60. The predicted octanol–water partition coefficient (Wildman–Crippen LogP) is 1.89. The molecule has 0 saturated heterocycles. The van der Waals surface area contributed by atoms with Crippen LogP contribution in [-0.2, 0) is 6.42 Å². The lowest BCUT2D eigenvalue weighted by atomic mass is 10.1. The topological polar surface area (TPSA) is 55.2 Å². The van der Waals surface area contributed by atoms with Crippen LogP contribution in [0.1, 0.15) is 18.4 Å². The number of nitrogens with one attached hydrogen (secondary N) is 1. The van der Waals surface area contributed by atoms with E-state index in [0.717, 1.165) is 18.5 Å². The lowest BCUT2D eigenvalue weighted by Crippen LogP contribution is -2.19. The van der Waals surface area contributed by atoms with Gasteiger partial charge in [-0.05, 0) is 25.8 Å². The molecule has 2 rings (SSSR count). The van der Waals surface area contributed by atoms with Crippen molar-refractivity contribution in [1.29, 1.82) is 0 Å². The SMILES string of the molecule is O=[N+]([O-])c1ccccc1CCNC1CC1. The van der Waals surface area contributed by atoms with Gasteiger partial charge >= 0.3 is 0 Å². The Kier molecular flexibility index (Phi) is 2.97. The van der Waals surface area contributed by atoms with Gasteiger partial charge in [0.15, 0.2) is 0 Å². The first-order chi connectivity index (χ1) is 7.27. The highest BCUT2D eigenvalue weighted by Gasteiger charge is 2.20. The number of hydrogen-bond acceptors (Lipinski definition) is 3. The summed E-state index contributed by atoms with van der Waals surface area (Å²) in [7, 11) is 0. The smallest absolute Gasteiger partial charge is 0.272 e. The van der Waals surface area contributed by atoms with Crippen molar-refractivity contribution in [2.45, 2.75) is 25.3 Å². The third-order valence-electron chi connectivity index (χ3n) is 2.59. The van der Waals surface area contributed by atoms with Crippen LogP contribution in [0.5, 0.6) is 0 Å². The lowest BCUT2D eigenvalue weighted by molar-refractivity contribution is -0.385. The van der Waals surface area contributed by atoms with Crippen LogP contribution in [0, 0.1) is 10.1 Å². The molecule has 1 aromatic rings. The summed E-state index contributed by atoms with van der Waals surface area (Å²) >= 11 is 0. The predicted molar refractivity (Wildman–Crippen MR) is 57.8 cm³/mol. The quantitative estimate of drug-likeness (QED) is 0.591. The third kappa shape index (κ3) is 2.76. The first kappa shape index (κ1) is 10.1. The molecule has 1 fully saturated rings. The van der Waals surface area contributed by atoms with Gasteiger partial charge in [-0.2, -0.15) is 0 Å². The molecule has 4 heteroatoms. The van der Waals surface area contributed by atoms with Crippen LogP contribution in [0.25, 0.3) is 0 Å². The fraction of sp³-hybridized carbons (Fsp3) is 0.455. The third-order valence-corrected chi connectivity index (χ3v) is 2.59. The van der Waals surface area contributed by atoms with Crippen molar-refractivity contribution in [3.05, 3.63) is 39.9 Å².